The molecule has 0 aliphatic heterocycles. The van der Waals surface area contributed by atoms with E-state index < -0.39 is 0 Å². The summed E-state index contributed by atoms with van der Waals surface area (Å²) in [5, 5.41) is 0. The maximum Gasteiger partial charge on any atom is -0.0272 e. The lowest BCUT2D eigenvalue weighted by atomic mass is 9.97. The predicted molar refractivity (Wildman–Crippen MR) is 57.2 cm³/mol. The van der Waals surface area contributed by atoms with Crippen LogP contribution in [-0.4, -0.2) is 0 Å². The molecule has 0 bridgehead atoms. The van der Waals surface area contributed by atoms with Gasteiger partial charge in [-0.1, -0.05) is 59.3 Å². The molecule has 0 fully saturated rings. The van der Waals surface area contributed by atoms with Crippen LogP contribution in [0.2, 0.25) is 0 Å². The van der Waals surface area contributed by atoms with Crippen molar-refractivity contribution in [1.82, 2.24) is 0 Å². The van der Waals surface area contributed by atoms with E-state index in [-0.39, 0.29) is 0 Å². The molecule has 0 aromatic carbocycles. The van der Waals surface area contributed by atoms with Crippen molar-refractivity contribution in [3.05, 3.63) is 5.92 Å². The van der Waals surface area contributed by atoms with Crippen LogP contribution in [0, 0.1) is 5.92 Å². The second-order valence-corrected chi connectivity index (χ2v) is 3.87. The quantitative estimate of drug-likeness (QED) is 0.460. The first kappa shape index (κ1) is 12.0. The molecule has 0 rings (SSSR count). The lowest BCUT2D eigenvalue weighted by Gasteiger charge is -2.09. The minimum atomic E-state index is 1.35. The largest absolute Gasteiger partial charge is 0.0654 e. The van der Waals surface area contributed by atoms with Crippen molar-refractivity contribution in [3.63, 3.8) is 0 Å². The molecule has 12 heavy (non-hydrogen) atoms. The number of hydrogen-bond acceptors (Lipinski definition) is 0. The van der Waals surface area contributed by atoms with Crippen molar-refractivity contribution < 1.29 is 0 Å². The summed E-state index contributed by atoms with van der Waals surface area (Å²) in [4.78, 5) is 0. The van der Waals surface area contributed by atoms with Gasteiger partial charge >= 0.3 is 0 Å². The van der Waals surface area contributed by atoms with Crippen LogP contribution in [0.4, 0.5) is 0 Å². The summed E-state index contributed by atoms with van der Waals surface area (Å²) >= 11 is 0. The second kappa shape index (κ2) is 9.09. The Kier molecular flexibility index (Phi) is 9.09. The van der Waals surface area contributed by atoms with E-state index in [1.165, 1.54) is 51.4 Å². The fraction of sp³-hybridized carbons (Fsp3) is 0.917. The van der Waals surface area contributed by atoms with E-state index in [9.17, 15) is 0 Å². The highest BCUT2D eigenvalue weighted by molar-refractivity contribution is 4.82. The van der Waals surface area contributed by atoms with E-state index >= 15 is 0 Å². The van der Waals surface area contributed by atoms with Gasteiger partial charge in [0.05, 0.1) is 0 Å². The Morgan fingerprint density at radius 2 is 1.17 bits per heavy atom. The first-order valence-corrected chi connectivity index (χ1v) is 5.62. The second-order valence-electron chi connectivity index (χ2n) is 3.87. The molecule has 0 aliphatic rings. The lowest BCUT2D eigenvalue weighted by molar-refractivity contribution is 0.604. The van der Waals surface area contributed by atoms with Crippen LogP contribution in [0.15, 0.2) is 0 Å². The van der Waals surface area contributed by atoms with Crippen LogP contribution in [0.25, 0.3) is 0 Å². The number of hydrogen-bond donors (Lipinski definition) is 0. The zero-order chi connectivity index (χ0) is 9.23. The van der Waals surface area contributed by atoms with Gasteiger partial charge < -0.3 is 0 Å². The minimum Gasteiger partial charge on any atom is -0.0654 e. The van der Waals surface area contributed by atoms with Gasteiger partial charge in [-0.05, 0) is 18.8 Å². The molecule has 0 aliphatic carbocycles. The van der Waals surface area contributed by atoms with Gasteiger partial charge in [-0.2, -0.15) is 0 Å². The van der Waals surface area contributed by atoms with Crippen molar-refractivity contribution in [3.8, 4) is 0 Å². The van der Waals surface area contributed by atoms with Gasteiger partial charge in [-0.15, -0.1) is 0 Å². The SMILES string of the molecule is CCCCC[C](C)CCCCC. The zero-order valence-corrected chi connectivity index (χ0v) is 9.16. The molecule has 0 nitrogen and oxygen atoms in total. The smallest absolute Gasteiger partial charge is 0.0272 e. The fourth-order valence-corrected chi connectivity index (χ4v) is 1.48. The molecule has 0 aromatic heterocycles. The first-order valence-electron chi connectivity index (χ1n) is 5.62. The molecule has 0 saturated heterocycles. The molecule has 0 heterocycles. The summed E-state index contributed by atoms with van der Waals surface area (Å²) in [5.74, 6) is 1.72. The maximum absolute atomic E-state index is 2.32. The Hall–Kier alpha value is 0. The van der Waals surface area contributed by atoms with Gasteiger partial charge in [0.15, 0.2) is 0 Å². The van der Waals surface area contributed by atoms with Gasteiger partial charge in [0.1, 0.15) is 0 Å². The first-order chi connectivity index (χ1) is 5.81. The molecule has 0 atom stereocenters. The highest BCUT2D eigenvalue weighted by Gasteiger charge is 2.00. The zero-order valence-electron chi connectivity index (χ0n) is 9.16. The summed E-state index contributed by atoms with van der Waals surface area (Å²) in [7, 11) is 0. The van der Waals surface area contributed by atoms with Crippen LogP contribution in [0.1, 0.15) is 72.1 Å². The molecule has 1 radical (unpaired) electrons. The summed E-state index contributed by atoms with van der Waals surface area (Å²) in [5.41, 5.74) is 0. The summed E-state index contributed by atoms with van der Waals surface area (Å²) < 4.78 is 0. The van der Waals surface area contributed by atoms with E-state index in [1.807, 2.05) is 0 Å². The average Bonchev–Trinajstić information content (AvgIpc) is 2.06. The minimum absolute atomic E-state index is 1.35. The van der Waals surface area contributed by atoms with Gasteiger partial charge in [-0.25, -0.2) is 0 Å². The van der Waals surface area contributed by atoms with Gasteiger partial charge in [-0.3, -0.25) is 0 Å². The third-order valence-corrected chi connectivity index (χ3v) is 2.41. The van der Waals surface area contributed by atoms with E-state index in [0.29, 0.717) is 0 Å². The Morgan fingerprint density at radius 3 is 1.50 bits per heavy atom. The van der Waals surface area contributed by atoms with E-state index in [4.69, 9.17) is 0 Å². The molecular weight excluding hydrogens is 144 g/mol. The van der Waals surface area contributed by atoms with Crippen molar-refractivity contribution in [1.29, 1.82) is 0 Å². The highest BCUT2D eigenvalue weighted by Crippen LogP contribution is 2.18. The summed E-state index contributed by atoms with van der Waals surface area (Å²) in [6.07, 6.45) is 11.1. The van der Waals surface area contributed by atoms with Crippen LogP contribution < -0.4 is 0 Å². The van der Waals surface area contributed by atoms with Crippen LogP contribution in [0.3, 0.4) is 0 Å². The maximum atomic E-state index is 2.32. The standard InChI is InChI=1S/C12H25/c1-4-6-8-10-12(3)11-9-7-5-2/h4-11H2,1-3H3. The third-order valence-electron chi connectivity index (χ3n) is 2.41. The van der Waals surface area contributed by atoms with Crippen LogP contribution in [0.5, 0.6) is 0 Å². The van der Waals surface area contributed by atoms with Crippen molar-refractivity contribution in [2.24, 2.45) is 0 Å². The monoisotopic (exact) mass is 169 g/mol. The Balaban J connectivity index is 3.04. The van der Waals surface area contributed by atoms with Crippen LogP contribution in [-0.2, 0) is 0 Å². The number of rotatable bonds is 8. The fourth-order valence-electron chi connectivity index (χ4n) is 1.48. The van der Waals surface area contributed by atoms with Crippen molar-refractivity contribution in [2.45, 2.75) is 72.1 Å². The Bertz CT molecular complexity index is 66.1. The van der Waals surface area contributed by atoms with E-state index in [1.54, 1.807) is 5.92 Å². The molecule has 0 N–H and O–H groups in total. The van der Waals surface area contributed by atoms with Crippen molar-refractivity contribution >= 4 is 0 Å². The molecule has 0 aromatic rings. The molecule has 0 saturated carbocycles. The van der Waals surface area contributed by atoms with E-state index in [0.717, 1.165) is 0 Å². The summed E-state index contributed by atoms with van der Waals surface area (Å²) in [6, 6.07) is 0. The molecule has 0 amide bonds. The lowest BCUT2D eigenvalue weighted by Crippen LogP contribution is -1.91. The average molecular weight is 169 g/mol. The third kappa shape index (κ3) is 8.10. The highest BCUT2D eigenvalue weighted by atomic mass is 14.1. The molecule has 0 heteroatoms. The number of unbranched alkanes of at least 4 members (excludes halogenated alkanes) is 4. The molecular formula is C12H25. The Morgan fingerprint density at radius 1 is 0.750 bits per heavy atom. The topological polar surface area (TPSA) is 0 Å². The Labute approximate surface area is 78.8 Å². The molecule has 73 valence electrons. The van der Waals surface area contributed by atoms with Gasteiger partial charge in [0, 0.05) is 0 Å². The van der Waals surface area contributed by atoms with Crippen molar-refractivity contribution in [2.75, 3.05) is 0 Å². The normalized spacial score (nSPS) is 11.0. The summed E-state index contributed by atoms with van der Waals surface area (Å²) in [6.45, 7) is 6.87. The van der Waals surface area contributed by atoms with Gasteiger partial charge in [0.25, 0.3) is 0 Å². The molecule has 0 unspecified atom stereocenters. The molecule has 0 spiro atoms. The van der Waals surface area contributed by atoms with Gasteiger partial charge in [0.2, 0.25) is 0 Å². The predicted octanol–water partition coefficient (Wildman–Crippen LogP) is 4.74. The van der Waals surface area contributed by atoms with Crippen LogP contribution >= 0.6 is 0 Å². The van der Waals surface area contributed by atoms with E-state index in [2.05, 4.69) is 20.8 Å².